The Bertz CT molecular complexity index is 871. The van der Waals surface area contributed by atoms with Gasteiger partial charge >= 0.3 is 0 Å². The van der Waals surface area contributed by atoms with Crippen LogP contribution in [0.1, 0.15) is 46.3 Å². The van der Waals surface area contributed by atoms with Gasteiger partial charge in [-0.25, -0.2) is 0 Å². The van der Waals surface area contributed by atoms with Crippen molar-refractivity contribution in [3.63, 3.8) is 0 Å². The highest BCUT2D eigenvalue weighted by molar-refractivity contribution is 5.94. The van der Waals surface area contributed by atoms with E-state index in [9.17, 15) is 9.59 Å². The number of carbonyl (C=O) groups is 2. The van der Waals surface area contributed by atoms with Gasteiger partial charge in [-0.3, -0.25) is 14.5 Å². The average molecular weight is 412 g/mol. The molecule has 1 N–H and O–H groups in total. The molecule has 2 fully saturated rings. The van der Waals surface area contributed by atoms with E-state index in [1.807, 2.05) is 48.2 Å². The summed E-state index contributed by atoms with van der Waals surface area (Å²) in [5, 5.41) is 3.06. The summed E-state index contributed by atoms with van der Waals surface area (Å²) in [6.07, 6.45) is 1.57. The molecule has 0 spiro atoms. The maximum absolute atomic E-state index is 12.7. The number of carbonyl (C=O) groups excluding carboxylic acids is 2. The van der Waals surface area contributed by atoms with Crippen molar-refractivity contribution in [2.24, 2.45) is 0 Å². The Morgan fingerprint density at radius 1 is 1.10 bits per heavy atom. The van der Waals surface area contributed by atoms with Gasteiger partial charge in [0.15, 0.2) is 0 Å². The summed E-state index contributed by atoms with van der Waals surface area (Å²) in [5.41, 5.74) is 1.65. The summed E-state index contributed by atoms with van der Waals surface area (Å²) in [6.45, 7) is 6.81. The van der Waals surface area contributed by atoms with Crippen molar-refractivity contribution in [3.05, 3.63) is 59.0 Å². The third-order valence-electron chi connectivity index (χ3n) is 5.79. The average Bonchev–Trinajstić information content (AvgIpc) is 3.37. The van der Waals surface area contributed by atoms with Crippen LogP contribution in [-0.2, 0) is 16.1 Å². The predicted octanol–water partition coefficient (Wildman–Crippen LogP) is 2.51. The fraction of sp³-hybridized carbons (Fsp3) is 0.478. The second kappa shape index (κ2) is 9.45. The molecule has 30 heavy (non-hydrogen) atoms. The topological polar surface area (TPSA) is 75.0 Å². The molecule has 4 rings (SSSR count). The minimum Gasteiger partial charge on any atom is -0.465 e. The highest BCUT2D eigenvalue weighted by Crippen LogP contribution is 2.23. The number of ether oxygens (including phenoxy) is 1. The Morgan fingerprint density at radius 2 is 1.87 bits per heavy atom. The fourth-order valence-corrected chi connectivity index (χ4v) is 4.08. The van der Waals surface area contributed by atoms with E-state index >= 15 is 0 Å². The van der Waals surface area contributed by atoms with Crippen LogP contribution < -0.4 is 5.32 Å². The van der Waals surface area contributed by atoms with E-state index in [2.05, 4.69) is 10.2 Å². The van der Waals surface area contributed by atoms with Gasteiger partial charge in [-0.15, -0.1) is 0 Å². The van der Waals surface area contributed by atoms with Gasteiger partial charge in [0.2, 0.25) is 5.91 Å². The largest absolute Gasteiger partial charge is 0.465 e. The van der Waals surface area contributed by atoms with E-state index in [1.54, 1.807) is 0 Å². The van der Waals surface area contributed by atoms with Gasteiger partial charge in [-0.1, -0.05) is 12.1 Å². The lowest BCUT2D eigenvalue weighted by Crippen LogP contribution is -2.43. The van der Waals surface area contributed by atoms with E-state index in [4.69, 9.17) is 9.15 Å². The van der Waals surface area contributed by atoms with Crippen molar-refractivity contribution in [3.8, 4) is 0 Å². The molecule has 1 atom stereocenters. The van der Waals surface area contributed by atoms with Crippen molar-refractivity contribution < 1.29 is 18.7 Å². The van der Waals surface area contributed by atoms with Gasteiger partial charge in [-0.2, -0.15) is 0 Å². The normalized spacial score (nSPS) is 18.6. The number of nitrogens with zero attached hydrogens (tertiary/aromatic N) is 2. The Morgan fingerprint density at radius 3 is 2.50 bits per heavy atom. The van der Waals surface area contributed by atoms with Crippen molar-refractivity contribution in [2.45, 2.75) is 32.4 Å². The minimum atomic E-state index is -0.111. The molecule has 2 aliphatic rings. The van der Waals surface area contributed by atoms with Crippen LogP contribution in [0.3, 0.4) is 0 Å². The predicted molar refractivity (Wildman–Crippen MR) is 112 cm³/mol. The van der Waals surface area contributed by atoms with Crippen molar-refractivity contribution in [1.82, 2.24) is 15.1 Å². The highest BCUT2D eigenvalue weighted by Gasteiger charge is 2.26. The molecule has 2 saturated heterocycles. The molecule has 3 heterocycles. The van der Waals surface area contributed by atoms with Crippen molar-refractivity contribution >= 4 is 11.8 Å². The Balaban J connectivity index is 1.37. The molecule has 0 bridgehead atoms. The van der Waals surface area contributed by atoms with E-state index < -0.39 is 0 Å². The first-order valence-electron chi connectivity index (χ1n) is 10.6. The standard InChI is InChI=1S/C23H29N3O4/c1-17-4-9-21(30-17)20(25-11-13-29-14-12-25)15-24-23(28)19-7-5-18(6-8-19)16-26-10-2-3-22(26)27/h4-9,20H,2-3,10-16H2,1H3,(H,24,28). The summed E-state index contributed by atoms with van der Waals surface area (Å²) in [5.74, 6) is 1.82. The lowest BCUT2D eigenvalue weighted by Gasteiger charge is -2.33. The van der Waals surface area contributed by atoms with E-state index in [-0.39, 0.29) is 17.9 Å². The zero-order valence-electron chi connectivity index (χ0n) is 17.4. The molecule has 0 saturated carbocycles. The fourth-order valence-electron chi connectivity index (χ4n) is 4.08. The number of hydrogen-bond donors (Lipinski definition) is 1. The molecule has 0 radical (unpaired) electrons. The second-order valence-electron chi connectivity index (χ2n) is 7.94. The quantitative estimate of drug-likeness (QED) is 0.758. The first-order valence-corrected chi connectivity index (χ1v) is 10.6. The third-order valence-corrected chi connectivity index (χ3v) is 5.79. The van der Waals surface area contributed by atoms with Crippen molar-refractivity contribution in [2.75, 3.05) is 39.4 Å². The summed E-state index contributed by atoms with van der Waals surface area (Å²) in [6, 6.07) is 11.4. The maximum Gasteiger partial charge on any atom is 0.251 e. The molecule has 7 heteroatoms. The first-order chi connectivity index (χ1) is 14.6. The van der Waals surface area contributed by atoms with Crippen LogP contribution >= 0.6 is 0 Å². The molecule has 2 aliphatic heterocycles. The number of furan rings is 1. The smallest absolute Gasteiger partial charge is 0.251 e. The van der Waals surface area contributed by atoms with Gasteiger partial charge in [0.05, 0.1) is 19.3 Å². The molecule has 1 aromatic heterocycles. The molecule has 2 aromatic rings. The van der Waals surface area contributed by atoms with Crippen LogP contribution in [0.2, 0.25) is 0 Å². The van der Waals surface area contributed by atoms with E-state index in [1.165, 1.54) is 0 Å². The van der Waals surface area contributed by atoms with Gasteiger partial charge in [0, 0.05) is 44.7 Å². The molecule has 0 aliphatic carbocycles. The highest BCUT2D eigenvalue weighted by atomic mass is 16.5. The summed E-state index contributed by atoms with van der Waals surface area (Å²) in [7, 11) is 0. The van der Waals surface area contributed by atoms with Gasteiger partial charge in [0.25, 0.3) is 5.91 Å². The zero-order valence-corrected chi connectivity index (χ0v) is 17.4. The lowest BCUT2D eigenvalue weighted by molar-refractivity contribution is -0.128. The van der Waals surface area contributed by atoms with Crippen LogP contribution in [0.15, 0.2) is 40.8 Å². The molecule has 160 valence electrons. The van der Waals surface area contributed by atoms with Gasteiger partial charge in [0.1, 0.15) is 11.5 Å². The van der Waals surface area contributed by atoms with Gasteiger partial charge in [-0.05, 0) is 43.2 Å². The van der Waals surface area contributed by atoms with Crippen molar-refractivity contribution in [1.29, 1.82) is 0 Å². The molecular weight excluding hydrogens is 382 g/mol. The van der Waals surface area contributed by atoms with Crippen LogP contribution in [0.25, 0.3) is 0 Å². The van der Waals surface area contributed by atoms with Gasteiger partial charge < -0.3 is 19.4 Å². The summed E-state index contributed by atoms with van der Waals surface area (Å²) in [4.78, 5) is 28.7. The monoisotopic (exact) mass is 411 g/mol. The lowest BCUT2D eigenvalue weighted by atomic mass is 10.1. The number of amides is 2. The van der Waals surface area contributed by atoms with Crippen LogP contribution in [0.4, 0.5) is 0 Å². The molecule has 7 nitrogen and oxygen atoms in total. The first kappa shape index (κ1) is 20.6. The number of benzene rings is 1. The summed E-state index contributed by atoms with van der Waals surface area (Å²) < 4.78 is 11.3. The zero-order chi connectivity index (χ0) is 20.9. The van der Waals surface area contributed by atoms with E-state index in [0.29, 0.717) is 38.3 Å². The van der Waals surface area contributed by atoms with Crippen LogP contribution in [-0.4, -0.2) is 61.0 Å². The Kier molecular flexibility index (Phi) is 6.50. The third kappa shape index (κ3) is 4.91. The van der Waals surface area contributed by atoms with Crippen LogP contribution in [0, 0.1) is 6.92 Å². The Hall–Kier alpha value is -2.64. The SMILES string of the molecule is Cc1ccc(C(CNC(=O)c2ccc(CN3CCCC3=O)cc2)N2CCOCC2)o1. The Labute approximate surface area is 177 Å². The molecule has 1 unspecified atom stereocenters. The number of nitrogens with one attached hydrogen (secondary N) is 1. The maximum atomic E-state index is 12.7. The number of likely N-dealkylation sites (tertiary alicyclic amines) is 1. The second-order valence-corrected chi connectivity index (χ2v) is 7.94. The van der Waals surface area contributed by atoms with E-state index in [0.717, 1.165) is 43.1 Å². The minimum absolute atomic E-state index is 0.0213. The number of rotatable bonds is 7. The summed E-state index contributed by atoms with van der Waals surface area (Å²) >= 11 is 0. The number of hydrogen-bond acceptors (Lipinski definition) is 5. The molecule has 1 aromatic carbocycles. The number of morpholine rings is 1. The van der Waals surface area contributed by atoms with Crippen LogP contribution in [0.5, 0.6) is 0 Å². The number of aryl methyl sites for hydroxylation is 1. The molecule has 2 amide bonds. The molecular formula is C23H29N3O4.